The maximum absolute atomic E-state index is 11.2. The molecule has 4 saturated carbocycles. The number of rotatable bonds is 4. The average Bonchev–Trinajstić information content (AvgIpc) is 3.10. The fourth-order valence-electron chi connectivity index (χ4n) is 8.97. The highest BCUT2D eigenvalue weighted by molar-refractivity contribution is 5.12. The van der Waals surface area contributed by atoms with E-state index in [0.717, 1.165) is 49.4 Å². The van der Waals surface area contributed by atoms with Crippen LogP contribution in [0.15, 0.2) is 24.5 Å². The van der Waals surface area contributed by atoms with Crippen LogP contribution in [0.1, 0.15) is 83.6 Å². The number of aromatic nitrogens is 1. The molecule has 0 saturated heterocycles. The van der Waals surface area contributed by atoms with Gasteiger partial charge in [0.15, 0.2) is 0 Å². The van der Waals surface area contributed by atoms with Crippen molar-refractivity contribution in [3.63, 3.8) is 0 Å². The Labute approximate surface area is 182 Å². The first-order valence-corrected chi connectivity index (χ1v) is 12.7. The van der Waals surface area contributed by atoms with E-state index in [2.05, 4.69) is 24.9 Å². The first kappa shape index (κ1) is 20.9. The predicted molar refractivity (Wildman–Crippen MR) is 120 cm³/mol. The largest absolute Gasteiger partial charge is 0.393 e. The van der Waals surface area contributed by atoms with E-state index in [1.165, 1.54) is 50.5 Å². The summed E-state index contributed by atoms with van der Waals surface area (Å²) < 4.78 is 0. The zero-order valence-electron chi connectivity index (χ0n) is 19.0. The van der Waals surface area contributed by atoms with Gasteiger partial charge in [0.25, 0.3) is 0 Å². The molecule has 3 heteroatoms. The minimum absolute atomic E-state index is 0.0562. The summed E-state index contributed by atoms with van der Waals surface area (Å²) in [4.78, 5) is 4.23. The van der Waals surface area contributed by atoms with Crippen LogP contribution in [-0.4, -0.2) is 27.4 Å². The van der Waals surface area contributed by atoms with Crippen LogP contribution in [0.3, 0.4) is 0 Å². The van der Waals surface area contributed by atoms with Crippen molar-refractivity contribution in [3.8, 4) is 0 Å². The summed E-state index contributed by atoms with van der Waals surface area (Å²) in [5.74, 6) is 3.66. The third-order valence-corrected chi connectivity index (χ3v) is 10.6. The molecule has 0 aliphatic heterocycles. The summed E-state index contributed by atoms with van der Waals surface area (Å²) in [6.07, 6.45) is 16.4. The molecular weight excluding hydrogens is 370 g/mol. The first-order valence-electron chi connectivity index (χ1n) is 12.7. The van der Waals surface area contributed by atoms with Gasteiger partial charge in [0.05, 0.1) is 12.2 Å². The lowest BCUT2D eigenvalue weighted by Crippen LogP contribution is -2.54. The molecule has 1 aromatic rings. The molecule has 1 aromatic heterocycles. The fraction of sp³-hybridized carbons (Fsp3) is 0.815. The molecule has 4 aliphatic carbocycles. The minimum atomic E-state index is -0.187. The van der Waals surface area contributed by atoms with E-state index in [1.54, 1.807) is 0 Å². The van der Waals surface area contributed by atoms with Gasteiger partial charge in [-0.05, 0) is 123 Å². The first-order chi connectivity index (χ1) is 14.4. The van der Waals surface area contributed by atoms with E-state index in [1.807, 2.05) is 18.5 Å². The van der Waals surface area contributed by atoms with Gasteiger partial charge in [-0.15, -0.1) is 0 Å². The number of aliphatic hydroxyl groups excluding tert-OH is 2. The summed E-state index contributed by atoms with van der Waals surface area (Å²) in [6.45, 7) is 5.09. The number of hydrogen-bond donors (Lipinski definition) is 2. The van der Waals surface area contributed by atoms with Gasteiger partial charge >= 0.3 is 0 Å². The number of fused-ring (bicyclic) bond motifs is 5. The Morgan fingerprint density at radius 3 is 2.63 bits per heavy atom. The topological polar surface area (TPSA) is 53.4 Å². The molecule has 0 aromatic carbocycles. The van der Waals surface area contributed by atoms with Gasteiger partial charge in [-0.2, -0.15) is 0 Å². The van der Waals surface area contributed by atoms with Crippen LogP contribution in [0.5, 0.6) is 0 Å². The van der Waals surface area contributed by atoms with Crippen LogP contribution in [0.2, 0.25) is 0 Å². The van der Waals surface area contributed by atoms with E-state index in [-0.39, 0.29) is 12.2 Å². The summed E-state index contributed by atoms with van der Waals surface area (Å²) in [6, 6.07) is 4.13. The number of pyridine rings is 1. The molecular formula is C27H41NO2. The Morgan fingerprint density at radius 2 is 1.83 bits per heavy atom. The molecule has 4 fully saturated rings. The molecule has 4 aliphatic rings. The smallest absolute Gasteiger partial charge is 0.0576 e. The number of aliphatic hydroxyl groups is 2. The number of aryl methyl sites for hydroxylation is 1. The normalized spacial score (nSPS) is 46.5. The molecule has 30 heavy (non-hydrogen) atoms. The van der Waals surface area contributed by atoms with Crippen molar-refractivity contribution in [1.82, 2.24) is 4.98 Å². The fourth-order valence-corrected chi connectivity index (χ4v) is 8.97. The zero-order valence-corrected chi connectivity index (χ0v) is 19.0. The van der Waals surface area contributed by atoms with Gasteiger partial charge in [-0.25, -0.2) is 0 Å². The van der Waals surface area contributed by atoms with Gasteiger partial charge in [-0.1, -0.05) is 19.9 Å². The van der Waals surface area contributed by atoms with Crippen molar-refractivity contribution in [3.05, 3.63) is 30.1 Å². The Kier molecular flexibility index (Phi) is 5.51. The van der Waals surface area contributed by atoms with Gasteiger partial charge in [-0.3, -0.25) is 4.98 Å². The SMILES string of the molecule is C[C@]12CC[C@H](O)C[C@@H]1CC[C@@H]1[C@@H]2CC[C@]2(C)[C@@H]([C@H](O)CCc3cccnc3)CC[C@@H]12. The molecule has 1 heterocycles. The Morgan fingerprint density at radius 1 is 1.03 bits per heavy atom. The second kappa shape index (κ2) is 7.89. The molecule has 0 spiro atoms. The second-order valence-corrected chi connectivity index (χ2v) is 11.8. The molecule has 166 valence electrons. The van der Waals surface area contributed by atoms with Gasteiger partial charge < -0.3 is 10.2 Å². The Hall–Kier alpha value is -0.930. The van der Waals surface area contributed by atoms with Gasteiger partial charge in [0, 0.05) is 12.4 Å². The van der Waals surface area contributed by atoms with E-state index in [4.69, 9.17) is 0 Å². The van der Waals surface area contributed by atoms with Crippen molar-refractivity contribution in [1.29, 1.82) is 0 Å². The lowest BCUT2D eigenvalue weighted by Gasteiger charge is -2.61. The average molecular weight is 412 g/mol. The molecule has 0 amide bonds. The van der Waals surface area contributed by atoms with Crippen LogP contribution in [-0.2, 0) is 6.42 Å². The summed E-state index contributed by atoms with van der Waals surface area (Å²) in [5, 5.41) is 21.5. The van der Waals surface area contributed by atoms with Crippen molar-refractivity contribution in [2.24, 2.45) is 40.4 Å². The molecule has 3 nitrogen and oxygen atoms in total. The number of nitrogens with zero attached hydrogens (tertiary/aromatic N) is 1. The standard InChI is InChI=1S/C27H41NO2/c1-26-13-11-20(29)16-19(26)6-7-21-22-8-9-24(27(22,2)14-12-23(21)26)25(30)10-5-18-4-3-15-28-17-18/h3-4,15,17,19-25,29-30H,5-14,16H2,1-2H3/t19-,20-,21-,22-,23-,24+,25+,26-,27-/m0/s1. The molecule has 5 rings (SSSR count). The van der Waals surface area contributed by atoms with Gasteiger partial charge in [0.1, 0.15) is 0 Å². The van der Waals surface area contributed by atoms with Crippen LogP contribution in [0.4, 0.5) is 0 Å². The van der Waals surface area contributed by atoms with E-state index in [0.29, 0.717) is 16.7 Å². The van der Waals surface area contributed by atoms with Crippen LogP contribution >= 0.6 is 0 Å². The molecule has 0 bridgehead atoms. The molecule has 2 N–H and O–H groups in total. The summed E-state index contributed by atoms with van der Waals surface area (Å²) >= 11 is 0. The maximum atomic E-state index is 11.2. The van der Waals surface area contributed by atoms with Crippen molar-refractivity contribution in [2.75, 3.05) is 0 Å². The van der Waals surface area contributed by atoms with Crippen LogP contribution < -0.4 is 0 Å². The van der Waals surface area contributed by atoms with Crippen LogP contribution in [0, 0.1) is 40.4 Å². The molecule has 0 radical (unpaired) electrons. The Balaban J connectivity index is 1.29. The maximum Gasteiger partial charge on any atom is 0.0576 e. The third-order valence-electron chi connectivity index (χ3n) is 10.6. The minimum Gasteiger partial charge on any atom is -0.393 e. The summed E-state index contributed by atoms with van der Waals surface area (Å²) in [5.41, 5.74) is 2.00. The van der Waals surface area contributed by atoms with Crippen molar-refractivity contribution >= 4 is 0 Å². The Bertz CT molecular complexity index is 738. The lowest BCUT2D eigenvalue weighted by atomic mass is 9.44. The predicted octanol–water partition coefficient (Wildman–Crippen LogP) is 5.39. The quantitative estimate of drug-likeness (QED) is 0.698. The highest BCUT2D eigenvalue weighted by Gasteiger charge is 2.60. The van der Waals surface area contributed by atoms with Crippen LogP contribution in [0.25, 0.3) is 0 Å². The lowest BCUT2D eigenvalue weighted by molar-refractivity contribution is -0.133. The number of hydrogen-bond acceptors (Lipinski definition) is 3. The van der Waals surface area contributed by atoms with Gasteiger partial charge in [0.2, 0.25) is 0 Å². The molecule has 9 atom stereocenters. The zero-order chi connectivity index (χ0) is 20.9. The van der Waals surface area contributed by atoms with E-state index >= 15 is 0 Å². The third kappa shape index (κ3) is 3.35. The highest BCUT2D eigenvalue weighted by atomic mass is 16.3. The van der Waals surface area contributed by atoms with Crippen molar-refractivity contribution < 1.29 is 10.2 Å². The van der Waals surface area contributed by atoms with E-state index < -0.39 is 0 Å². The second-order valence-electron chi connectivity index (χ2n) is 11.8. The summed E-state index contributed by atoms with van der Waals surface area (Å²) in [7, 11) is 0. The highest BCUT2D eigenvalue weighted by Crippen LogP contribution is 2.67. The molecule has 0 unspecified atom stereocenters. The van der Waals surface area contributed by atoms with E-state index in [9.17, 15) is 10.2 Å². The monoisotopic (exact) mass is 411 g/mol. The van der Waals surface area contributed by atoms with Crippen molar-refractivity contribution in [2.45, 2.75) is 96.7 Å².